The topological polar surface area (TPSA) is 103 Å². The SMILES string of the molecule is O=C(CCSc1nc(-c2ccco2)c(-c2ccco2)[nH]1)Nc1ccc2c(c1)OCCO2. The van der Waals surface area contributed by atoms with Crippen LogP contribution in [-0.2, 0) is 4.79 Å². The van der Waals surface area contributed by atoms with Gasteiger partial charge in [-0.15, -0.1) is 0 Å². The Labute approximate surface area is 182 Å². The van der Waals surface area contributed by atoms with Crippen LogP contribution in [0, 0.1) is 0 Å². The molecular weight excluding hydrogens is 418 g/mol. The van der Waals surface area contributed by atoms with Crippen LogP contribution in [0.4, 0.5) is 5.69 Å². The highest BCUT2D eigenvalue weighted by Crippen LogP contribution is 2.34. The van der Waals surface area contributed by atoms with Gasteiger partial charge in [0.2, 0.25) is 5.91 Å². The van der Waals surface area contributed by atoms with Crippen LogP contribution in [0.1, 0.15) is 6.42 Å². The molecule has 2 N–H and O–H groups in total. The number of hydrogen-bond donors (Lipinski definition) is 2. The predicted octanol–water partition coefficient (Wildman–Crippen LogP) is 4.82. The third-order valence-corrected chi connectivity index (χ3v) is 5.47. The van der Waals surface area contributed by atoms with Crippen molar-refractivity contribution in [3.8, 4) is 34.4 Å². The maximum Gasteiger partial charge on any atom is 0.225 e. The van der Waals surface area contributed by atoms with E-state index in [2.05, 4.69) is 15.3 Å². The normalized spacial score (nSPS) is 12.6. The number of nitrogens with zero attached hydrogens (tertiary/aromatic N) is 1. The molecule has 0 radical (unpaired) electrons. The Kier molecular flexibility index (Phi) is 5.40. The number of thioether (sulfide) groups is 1. The molecular formula is C22H19N3O5S. The number of aromatic nitrogens is 2. The van der Waals surface area contributed by atoms with Gasteiger partial charge in [-0.2, -0.15) is 0 Å². The van der Waals surface area contributed by atoms with Gasteiger partial charge in [-0.1, -0.05) is 11.8 Å². The fraction of sp³-hybridized carbons (Fsp3) is 0.182. The highest BCUT2D eigenvalue weighted by Gasteiger charge is 2.18. The summed E-state index contributed by atoms with van der Waals surface area (Å²) < 4.78 is 22.1. The molecule has 0 spiro atoms. The van der Waals surface area contributed by atoms with Crippen molar-refractivity contribution in [2.45, 2.75) is 11.6 Å². The summed E-state index contributed by atoms with van der Waals surface area (Å²) >= 11 is 1.46. The van der Waals surface area contributed by atoms with Crippen LogP contribution in [0.2, 0.25) is 0 Å². The van der Waals surface area contributed by atoms with E-state index in [1.54, 1.807) is 30.7 Å². The van der Waals surface area contributed by atoms with Gasteiger partial charge < -0.3 is 28.6 Å². The molecule has 0 saturated carbocycles. The Morgan fingerprint density at radius 1 is 1.03 bits per heavy atom. The Morgan fingerprint density at radius 2 is 1.81 bits per heavy atom. The van der Waals surface area contributed by atoms with Gasteiger partial charge in [0, 0.05) is 23.9 Å². The second-order valence-electron chi connectivity index (χ2n) is 6.73. The molecule has 158 valence electrons. The molecule has 1 aliphatic heterocycles. The Balaban J connectivity index is 1.21. The van der Waals surface area contributed by atoms with Crippen molar-refractivity contribution in [2.24, 2.45) is 0 Å². The first kappa shape index (κ1) is 19.4. The van der Waals surface area contributed by atoms with E-state index in [0.29, 0.717) is 64.9 Å². The molecule has 0 bridgehead atoms. The summed E-state index contributed by atoms with van der Waals surface area (Å²) in [5, 5.41) is 3.58. The lowest BCUT2D eigenvalue weighted by Crippen LogP contribution is -2.16. The number of carbonyl (C=O) groups is 1. The number of aromatic amines is 1. The molecule has 8 nitrogen and oxygen atoms in total. The fourth-order valence-corrected chi connectivity index (χ4v) is 4.01. The smallest absolute Gasteiger partial charge is 0.225 e. The number of furan rings is 2. The summed E-state index contributed by atoms with van der Waals surface area (Å²) in [5.41, 5.74) is 2.09. The molecule has 5 rings (SSSR count). The van der Waals surface area contributed by atoms with Gasteiger partial charge in [-0.05, 0) is 36.4 Å². The molecule has 0 unspecified atom stereocenters. The standard InChI is InChI=1S/C22H19N3O5S/c26-19(23-14-5-6-15-18(13-14)30-11-10-29-15)7-12-31-22-24-20(16-3-1-8-27-16)21(25-22)17-4-2-9-28-17/h1-6,8-9,13H,7,10-12H2,(H,23,26)(H,24,25). The number of carbonyl (C=O) groups excluding carboxylic acids is 1. The van der Waals surface area contributed by atoms with Crippen molar-refractivity contribution in [2.75, 3.05) is 24.3 Å². The van der Waals surface area contributed by atoms with Gasteiger partial charge in [0.15, 0.2) is 28.2 Å². The zero-order chi connectivity index (χ0) is 21.0. The lowest BCUT2D eigenvalue weighted by molar-refractivity contribution is -0.115. The molecule has 0 atom stereocenters. The van der Waals surface area contributed by atoms with Crippen LogP contribution < -0.4 is 14.8 Å². The second kappa shape index (κ2) is 8.65. The van der Waals surface area contributed by atoms with Gasteiger partial charge in [-0.25, -0.2) is 4.98 Å². The third-order valence-electron chi connectivity index (χ3n) is 4.60. The van der Waals surface area contributed by atoms with Gasteiger partial charge in [-0.3, -0.25) is 4.79 Å². The number of benzene rings is 1. The molecule has 1 aliphatic rings. The first-order valence-corrected chi connectivity index (χ1v) is 10.7. The molecule has 0 fully saturated rings. The van der Waals surface area contributed by atoms with E-state index in [9.17, 15) is 4.79 Å². The van der Waals surface area contributed by atoms with E-state index >= 15 is 0 Å². The molecule has 31 heavy (non-hydrogen) atoms. The minimum absolute atomic E-state index is 0.0896. The molecule has 3 aromatic heterocycles. The number of imidazole rings is 1. The third kappa shape index (κ3) is 4.31. The number of fused-ring (bicyclic) bond motifs is 1. The number of rotatable bonds is 7. The number of hydrogen-bond acceptors (Lipinski definition) is 7. The zero-order valence-electron chi connectivity index (χ0n) is 16.4. The van der Waals surface area contributed by atoms with Crippen LogP contribution >= 0.6 is 11.8 Å². The van der Waals surface area contributed by atoms with E-state index in [-0.39, 0.29) is 5.91 Å². The summed E-state index contributed by atoms with van der Waals surface area (Å²) in [5.74, 6) is 3.11. The van der Waals surface area contributed by atoms with Gasteiger partial charge >= 0.3 is 0 Å². The summed E-state index contributed by atoms with van der Waals surface area (Å²) in [6, 6.07) is 12.7. The van der Waals surface area contributed by atoms with Crippen LogP contribution in [0.3, 0.4) is 0 Å². The largest absolute Gasteiger partial charge is 0.486 e. The number of H-pyrrole nitrogens is 1. The van der Waals surface area contributed by atoms with Crippen molar-refractivity contribution in [3.05, 3.63) is 55.0 Å². The monoisotopic (exact) mass is 437 g/mol. The van der Waals surface area contributed by atoms with Crippen molar-refractivity contribution in [3.63, 3.8) is 0 Å². The lowest BCUT2D eigenvalue weighted by Gasteiger charge is -2.19. The number of nitrogens with one attached hydrogen (secondary N) is 2. The van der Waals surface area contributed by atoms with E-state index in [4.69, 9.17) is 18.3 Å². The summed E-state index contributed by atoms with van der Waals surface area (Å²) in [4.78, 5) is 20.3. The number of anilines is 1. The molecule has 4 heterocycles. The van der Waals surface area contributed by atoms with E-state index < -0.39 is 0 Å². The summed E-state index contributed by atoms with van der Waals surface area (Å²) in [7, 11) is 0. The lowest BCUT2D eigenvalue weighted by atomic mass is 10.2. The fourth-order valence-electron chi connectivity index (χ4n) is 3.20. The van der Waals surface area contributed by atoms with E-state index in [1.807, 2.05) is 24.3 Å². The highest BCUT2D eigenvalue weighted by atomic mass is 32.2. The molecule has 1 amide bonds. The molecule has 4 aromatic rings. The van der Waals surface area contributed by atoms with Gasteiger partial charge in [0.1, 0.15) is 24.6 Å². The summed E-state index contributed by atoms with van der Waals surface area (Å²) in [6.45, 7) is 1.04. The maximum atomic E-state index is 12.4. The highest BCUT2D eigenvalue weighted by molar-refractivity contribution is 7.99. The summed E-state index contributed by atoms with van der Waals surface area (Å²) in [6.07, 6.45) is 3.54. The molecule has 0 aliphatic carbocycles. The Hall–Kier alpha value is -3.59. The first-order chi connectivity index (χ1) is 15.3. The minimum atomic E-state index is -0.0896. The van der Waals surface area contributed by atoms with Crippen molar-refractivity contribution in [1.82, 2.24) is 9.97 Å². The van der Waals surface area contributed by atoms with Crippen LogP contribution in [0.25, 0.3) is 22.9 Å². The predicted molar refractivity (Wildman–Crippen MR) is 115 cm³/mol. The number of amides is 1. The van der Waals surface area contributed by atoms with Crippen molar-refractivity contribution >= 4 is 23.4 Å². The van der Waals surface area contributed by atoms with E-state index in [1.165, 1.54) is 11.8 Å². The average molecular weight is 437 g/mol. The Bertz CT molecular complexity index is 1120. The molecule has 9 heteroatoms. The van der Waals surface area contributed by atoms with Crippen molar-refractivity contribution < 1.29 is 23.1 Å². The average Bonchev–Trinajstić information content (AvgIpc) is 3.54. The van der Waals surface area contributed by atoms with Crippen LogP contribution in [0.5, 0.6) is 11.5 Å². The second-order valence-corrected chi connectivity index (χ2v) is 7.81. The van der Waals surface area contributed by atoms with E-state index in [0.717, 1.165) is 5.69 Å². The maximum absolute atomic E-state index is 12.4. The van der Waals surface area contributed by atoms with Crippen LogP contribution in [0.15, 0.2) is 69.0 Å². The first-order valence-electron chi connectivity index (χ1n) is 9.76. The van der Waals surface area contributed by atoms with Crippen LogP contribution in [-0.4, -0.2) is 34.8 Å². The molecule has 1 aromatic carbocycles. The Morgan fingerprint density at radius 3 is 2.58 bits per heavy atom. The minimum Gasteiger partial charge on any atom is -0.486 e. The van der Waals surface area contributed by atoms with Crippen molar-refractivity contribution in [1.29, 1.82) is 0 Å². The van der Waals surface area contributed by atoms with Gasteiger partial charge in [0.25, 0.3) is 0 Å². The quantitative estimate of drug-likeness (QED) is 0.400. The number of ether oxygens (including phenoxy) is 2. The zero-order valence-corrected chi connectivity index (χ0v) is 17.2. The molecule has 0 saturated heterocycles. The van der Waals surface area contributed by atoms with Gasteiger partial charge in [0.05, 0.1) is 12.5 Å².